The molecule has 0 aromatic heterocycles. The maximum Gasteiger partial charge on any atom is 0.261 e. The summed E-state index contributed by atoms with van der Waals surface area (Å²) < 4.78 is 10.6. The van der Waals surface area contributed by atoms with Crippen LogP contribution in [0, 0.1) is 5.92 Å². The molecule has 0 atom stereocenters. The lowest BCUT2D eigenvalue weighted by molar-refractivity contribution is -0.134. The Labute approximate surface area is 137 Å². The highest BCUT2D eigenvalue weighted by molar-refractivity contribution is 5.99. The van der Waals surface area contributed by atoms with Gasteiger partial charge < -0.3 is 19.3 Å². The lowest BCUT2D eigenvalue weighted by atomic mass is 9.95. The van der Waals surface area contributed by atoms with Gasteiger partial charge in [0.15, 0.2) is 0 Å². The lowest BCUT2D eigenvalue weighted by Crippen LogP contribution is -2.42. The Morgan fingerprint density at radius 2 is 1.61 bits per heavy atom. The van der Waals surface area contributed by atoms with Gasteiger partial charge in [-0.3, -0.25) is 9.59 Å². The van der Waals surface area contributed by atoms with Gasteiger partial charge in [0.2, 0.25) is 5.91 Å². The zero-order valence-corrected chi connectivity index (χ0v) is 14.2. The van der Waals surface area contributed by atoms with E-state index >= 15 is 0 Å². The molecule has 1 saturated heterocycles. The van der Waals surface area contributed by atoms with Crippen molar-refractivity contribution in [1.29, 1.82) is 0 Å². The van der Waals surface area contributed by atoms with E-state index in [2.05, 4.69) is 0 Å². The number of ether oxygens (including phenoxy) is 2. The van der Waals surface area contributed by atoms with Crippen LogP contribution < -0.4 is 9.47 Å². The molecular weight excluding hydrogens is 296 g/mol. The van der Waals surface area contributed by atoms with E-state index in [9.17, 15) is 9.59 Å². The average Bonchev–Trinajstić information content (AvgIpc) is 2.59. The van der Waals surface area contributed by atoms with Gasteiger partial charge in [-0.15, -0.1) is 0 Å². The highest BCUT2D eigenvalue weighted by Gasteiger charge is 2.30. The van der Waals surface area contributed by atoms with Crippen LogP contribution in [0.4, 0.5) is 0 Å². The molecule has 0 spiro atoms. The van der Waals surface area contributed by atoms with E-state index in [0.717, 1.165) is 0 Å². The predicted molar refractivity (Wildman–Crippen MR) is 86.9 cm³/mol. The molecule has 0 unspecified atom stereocenters. The Balaban J connectivity index is 2.13. The van der Waals surface area contributed by atoms with E-state index in [1.165, 1.54) is 14.2 Å². The molecule has 0 bridgehead atoms. The molecule has 0 N–H and O–H groups in total. The molecule has 1 aliphatic heterocycles. The largest absolute Gasteiger partial charge is 0.496 e. The number of benzene rings is 1. The quantitative estimate of drug-likeness (QED) is 0.846. The predicted octanol–water partition coefficient (Wildman–Crippen LogP) is 1.64. The van der Waals surface area contributed by atoms with Crippen molar-refractivity contribution in [2.45, 2.75) is 12.8 Å². The summed E-state index contributed by atoms with van der Waals surface area (Å²) in [6, 6.07) is 5.28. The number of likely N-dealkylation sites (tertiary alicyclic amines) is 1. The Bertz CT molecular complexity index is 556. The summed E-state index contributed by atoms with van der Waals surface area (Å²) in [4.78, 5) is 28.2. The number of nitrogens with zero attached hydrogens (tertiary/aromatic N) is 2. The summed E-state index contributed by atoms with van der Waals surface area (Å²) in [6.07, 6.45) is 1.36. The smallest absolute Gasteiger partial charge is 0.261 e. The number of carbonyl (C=O) groups is 2. The van der Waals surface area contributed by atoms with Crippen molar-refractivity contribution in [3.63, 3.8) is 0 Å². The summed E-state index contributed by atoms with van der Waals surface area (Å²) in [7, 11) is 6.60. The Kier molecular flexibility index (Phi) is 5.47. The number of piperidine rings is 1. The van der Waals surface area contributed by atoms with Gasteiger partial charge in [-0.05, 0) is 25.0 Å². The minimum atomic E-state index is -0.116. The zero-order valence-electron chi connectivity index (χ0n) is 14.2. The number of rotatable bonds is 4. The first kappa shape index (κ1) is 17.1. The maximum absolute atomic E-state index is 12.8. The van der Waals surface area contributed by atoms with Gasteiger partial charge in [0.1, 0.15) is 17.1 Å². The fourth-order valence-electron chi connectivity index (χ4n) is 2.91. The number of carbonyl (C=O) groups excluding carboxylic acids is 2. The molecular formula is C17H24N2O4. The minimum Gasteiger partial charge on any atom is -0.496 e. The lowest BCUT2D eigenvalue weighted by Gasteiger charge is -2.33. The van der Waals surface area contributed by atoms with E-state index in [0.29, 0.717) is 43.0 Å². The van der Waals surface area contributed by atoms with Gasteiger partial charge in [-0.1, -0.05) is 6.07 Å². The fraction of sp³-hybridized carbons (Fsp3) is 0.529. The summed E-state index contributed by atoms with van der Waals surface area (Å²) in [5.74, 6) is 1.01. The van der Waals surface area contributed by atoms with Gasteiger partial charge in [0.05, 0.1) is 14.2 Å². The van der Waals surface area contributed by atoms with Gasteiger partial charge in [-0.2, -0.15) is 0 Å². The van der Waals surface area contributed by atoms with E-state index in [-0.39, 0.29) is 17.7 Å². The second-order valence-electron chi connectivity index (χ2n) is 5.84. The number of amides is 2. The monoisotopic (exact) mass is 320 g/mol. The fourth-order valence-corrected chi connectivity index (χ4v) is 2.91. The van der Waals surface area contributed by atoms with Gasteiger partial charge in [0.25, 0.3) is 5.91 Å². The Morgan fingerprint density at radius 3 is 2.04 bits per heavy atom. The molecule has 1 heterocycles. The molecule has 23 heavy (non-hydrogen) atoms. The second-order valence-corrected chi connectivity index (χ2v) is 5.84. The summed E-state index contributed by atoms with van der Waals surface area (Å²) >= 11 is 0. The number of methoxy groups -OCH3 is 2. The van der Waals surface area contributed by atoms with Crippen LogP contribution in [0.5, 0.6) is 11.5 Å². The van der Waals surface area contributed by atoms with Crippen LogP contribution in [0.15, 0.2) is 18.2 Å². The van der Waals surface area contributed by atoms with Crippen molar-refractivity contribution in [2.24, 2.45) is 5.92 Å². The van der Waals surface area contributed by atoms with E-state index < -0.39 is 0 Å². The van der Waals surface area contributed by atoms with E-state index in [4.69, 9.17) is 9.47 Å². The molecule has 1 aliphatic rings. The molecule has 0 saturated carbocycles. The molecule has 6 nitrogen and oxygen atoms in total. The van der Waals surface area contributed by atoms with Crippen molar-refractivity contribution in [1.82, 2.24) is 9.80 Å². The molecule has 1 aromatic carbocycles. The van der Waals surface area contributed by atoms with Gasteiger partial charge >= 0.3 is 0 Å². The average molecular weight is 320 g/mol. The van der Waals surface area contributed by atoms with Gasteiger partial charge in [0, 0.05) is 33.1 Å². The van der Waals surface area contributed by atoms with Crippen molar-refractivity contribution >= 4 is 11.8 Å². The van der Waals surface area contributed by atoms with Crippen LogP contribution in [0.1, 0.15) is 23.2 Å². The van der Waals surface area contributed by atoms with Crippen LogP contribution >= 0.6 is 0 Å². The zero-order chi connectivity index (χ0) is 17.0. The standard InChI is InChI=1S/C17H24N2O4/c1-18(2)16(20)12-8-10-19(11-9-12)17(21)15-13(22-3)6-5-7-14(15)23-4/h5-7,12H,8-11H2,1-4H3. The molecule has 0 radical (unpaired) electrons. The number of hydrogen-bond acceptors (Lipinski definition) is 4. The van der Waals surface area contributed by atoms with Crippen molar-refractivity contribution in [2.75, 3.05) is 41.4 Å². The summed E-state index contributed by atoms with van der Waals surface area (Å²) in [5.41, 5.74) is 0.440. The molecule has 1 aromatic rings. The third-order valence-electron chi connectivity index (χ3n) is 4.21. The second kappa shape index (κ2) is 7.35. The summed E-state index contributed by atoms with van der Waals surface area (Å²) in [5, 5.41) is 0. The Morgan fingerprint density at radius 1 is 1.09 bits per heavy atom. The first-order chi connectivity index (χ1) is 11.0. The molecule has 2 rings (SSSR count). The molecule has 126 valence electrons. The minimum absolute atomic E-state index is 0.00591. The van der Waals surface area contributed by atoms with E-state index in [1.807, 2.05) is 0 Å². The van der Waals surface area contributed by atoms with Crippen molar-refractivity contribution in [3.8, 4) is 11.5 Å². The van der Waals surface area contributed by atoms with Crippen molar-refractivity contribution < 1.29 is 19.1 Å². The molecule has 2 amide bonds. The first-order valence-electron chi connectivity index (χ1n) is 7.71. The highest BCUT2D eigenvalue weighted by atomic mass is 16.5. The topological polar surface area (TPSA) is 59.1 Å². The normalized spacial score (nSPS) is 15.2. The van der Waals surface area contributed by atoms with Gasteiger partial charge in [-0.25, -0.2) is 0 Å². The third-order valence-corrected chi connectivity index (χ3v) is 4.21. The summed E-state index contributed by atoms with van der Waals surface area (Å²) in [6.45, 7) is 1.12. The van der Waals surface area contributed by atoms with Crippen molar-refractivity contribution in [3.05, 3.63) is 23.8 Å². The molecule has 1 fully saturated rings. The number of hydrogen-bond donors (Lipinski definition) is 0. The van der Waals surface area contributed by atoms with Crippen LogP contribution in [0.25, 0.3) is 0 Å². The molecule has 6 heteroatoms. The van der Waals surface area contributed by atoms with Crippen LogP contribution in [-0.2, 0) is 4.79 Å². The molecule has 0 aliphatic carbocycles. The SMILES string of the molecule is COc1cccc(OC)c1C(=O)N1CCC(C(=O)N(C)C)CC1. The van der Waals surface area contributed by atoms with Crippen LogP contribution in [0.3, 0.4) is 0 Å². The van der Waals surface area contributed by atoms with Crippen LogP contribution in [-0.4, -0.2) is 63.0 Å². The Hall–Kier alpha value is -2.24. The third kappa shape index (κ3) is 3.57. The van der Waals surface area contributed by atoms with Crippen LogP contribution in [0.2, 0.25) is 0 Å². The highest BCUT2D eigenvalue weighted by Crippen LogP contribution is 2.31. The first-order valence-corrected chi connectivity index (χ1v) is 7.71. The maximum atomic E-state index is 12.8. The van der Waals surface area contributed by atoms with E-state index in [1.54, 1.807) is 42.1 Å².